The van der Waals surface area contributed by atoms with E-state index in [9.17, 15) is 0 Å². The molecule has 0 aliphatic heterocycles. The van der Waals surface area contributed by atoms with Crippen LogP contribution in [0.15, 0.2) is 0 Å². The van der Waals surface area contributed by atoms with Crippen molar-refractivity contribution in [3.63, 3.8) is 0 Å². The van der Waals surface area contributed by atoms with E-state index >= 15 is 0 Å². The van der Waals surface area contributed by atoms with Crippen LogP contribution in [0, 0.1) is 0 Å². The Morgan fingerprint density at radius 1 is 1.00 bits per heavy atom. The summed E-state index contributed by atoms with van der Waals surface area (Å²) in [5.41, 5.74) is 7.15. The van der Waals surface area contributed by atoms with Crippen LogP contribution < -0.4 is 10.9 Å². The molecular weight excluding hydrogens is 160 g/mol. The fraction of sp³-hybridized carbons (Fsp3) is 1.00. The fourth-order valence-corrected chi connectivity index (χ4v) is 1.39. The molecule has 0 heterocycles. The van der Waals surface area contributed by atoms with Crippen molar-refractivity contribution in [2.45, 2.75) is 71.9 Å². The lowest BCUT2D eigenvalue weighted by molar-refractivity contribution is 0.233. The second kappa shape index (κ2) is 6.39. The third kappa shape index (κ3) is 4.10. The van der Waals surface area contributed by atoms with Gasteiger partial charge in [-0.3, -0.25) is 10.9 Å². The molecule has 0 spiro atoms. The van der Waals surface area contributed by atoms with Crippen molar-refractivity contribution in [3.8, 4) is 0 Å². The van der Waals surface area contributed by atoms with Gasteiger partial charge in [-0.2, -0.15) is 0 Å². The molecule has 0 radical (unpaired) electrons. The van der Waals surface area contributed by atoms with Crippen molar-refractivity contribution in [2.24, 2.45) is 0 Å². The van der Waals surface area contributed by atoms with Gasteiger partial charge in [-0.25, -0.2) is 0 Å². The van der Waals surface area contributed by atoms with E-state index in [0.717, 1.165) is 0 Å². The molecule has 2 nitrogen and oxygen atoms in total. The van der Waals surface area contributed by atoms with Crippen molar-refractivity contribution in [1.29, 1.82) is 0 Å². The minimum atomic E-state index is 0.295. The predicted octanol–water partition coefficient (Wildman–Crippen LogP) is 2.85. The summed E-state index contributed by atoms with van der Waals surface area (Å²) in [6.45, 7) is 11.2. The lowest BCUT2D eigenvalue weighted by Crippen LogP contribution is -2.53. The molecule has 0 bridgehead atoms. The van der Waals surface area contributed by atoms with Gasteiger partial charge in [0, 0.05) is 11.6 Å². The van der Waals surface area contributed by atoms with Crippen molar-refractivity contribution < 1.29 is 0 Å². The zero-order valence-corrected chi connectivity index (χ0v) is 9.91. The van der Waals surface area contributed by atoms with Gasteiger partial charge in [0.15, 0.2) is 0 Å². The van der Waals surface area contributed by atoms with Crippen LogP contribution in [0.2, 0.25) is 0 Å². The quantitative estimate of drug-likeness (QED) is 0.597. The van der Waals surface area contributed by atoms with Gasteiger partial charge in [0.2, 0.25) is 0 Å². The Kier molecular flexibility index (Phi) is 6.35. The molecular formula is C11H26N2. The molecule has 1 unspecified atom stereocenters. The second-order valence-electron chi connectivity index (χ2n) is 3.92. The summed E-state index contributed by atoms with van der Waals surface area (Å²) in [5.74, 6) is 0. The maximum Gasteiger partial charge on any atom is 0.0316 e. The summed E-state index contributed by atoms with van der Waals surface area (Å²) >= 11 is 0. The smallest absolute Gasteiger partial charge is 0.0316 e. The lowest BCUT2D eigenvalue weighted by Gasteiger charge is -2.33. The zero-order chi connectivity index (χ0) is 10.3. The summed E-state index contributed by atoms with van der Waals surface area (Å²) in [4.78, 5) is 0. The first-order chi connectivity index (χ1) is 6.14. The van der Waals surface area contributed by atoms with Crippen molar-refractivity contribution in [2.75, 3.05) is 0 Å². The highest BCUT2D eigenvalue weighted by molar-refractivity contribution is 4.82. The van der Waals surface area contributed by atoms with E-state index in [-0.39, 0.29) is 0 Å². The monoisotopic (exact) mass is 186 g/mol. The third-order valence-electron chi connectivity index (χ3n) is 3.23. The molecule has 0 saturated heterocycles. The van der Waals surface area contributed by atoms with Gasteiger partial charge >= 0.3 is 0 Å². The molecule has 0 aliphatic rings. The summed E-state index contributed by atoms with van der Waals surface area (Å²) < 4.78 is 0. The predicted molar refractivity (Wildman–Crippen MR) is 59.6 cm³/mol. The van der Waals surface area contributed by atoms with Gasteiger partial charge in [-0.1, -0.05) is 27.7 Å². The Bertz CT molecular complexity index is 111. The molecule has 80 valence electrons. The van der Waals surface area contributed by atoms with Crippen molar-refractivity contribution >= 4 is 0 Å². The molecule has 0 aromatic carbocycles. The van der Waals surface area contributed by atoms with Crippen LogP contribution in [0.1, 0.15) is 60.3 Å². The Morgan fingerprint density at radius 3 is 1.77 bits per heavy atom. The van der Waals surface area contributed by atoms with Gasteiger partial charge in [0.25, 0.3) is 0 Å². The van der Waals surface area contributed by atoms with Crippen molar-refractivity contribution in [3.05, 3.63) is 0 Å². The molecule has 0 amide bonds. The second-order valence-corrected chi connectivity index (χ2v) is 3.92. The first-order valence-electron chi connectivity index (χ1n) is 5.66. The number of nitrogens with one attached hydrogen (secondary N) is 2. The number of hydrogen-bond donors (Lipinski definition) is 2. The average molecular weight is 186 g/mol. The Balaban J connectivity index is 3.95. The van der Waals surface area contributed by atoms with Crippen LogP contribution in [0.5, 0.6) is 0 Å². The molecule has 0 saturated carbocycles. The Labute approximate surface area is 83.5 Å². The average Bonchev–Trinajstić information content (AvgIpc) is 2.20. The van der Waals surface area contributed by atoms with Gasteiger partial charge in [0.05, 0.1) is 0 Å². The van der Waals surface area contributed by atoms with E-state index in [2.05, 4.69) is 45.5 Å². The van der Waals surface area contributed by atoms with Crippen LogP contribution in [0.25, 0.3) is 0 Å². The molecule has 2 heteroatoms. The SMILES string of the molecule is CCC(C)NNC(CC)(CC)CC. The number of hydrogen-bond acceptors (Lipinski definition) is 2. The van der Waals surface area contributed by atoms with E-state index in [1.54, 1.807) is 0 Å². The van der Waals surface area contributed by atoms with Gasteiger partial charge in [-0.05, 0) is 32.6 Å². The Morgan fingerprint density at radius 2 is 1.46 bits per heavy atom. The van der Waals surface area contributed by atoms with Gasteiger partial charge in [-0.15, -0.1) is 0 Å². The summed E-state index contributed by atoms with van der Waals surface area (Å²) in [5, 5.41) is 0. The van der Waals surface area contributed by atoms with Crippen LogP contribution in [0.3, 0.4) is 0 Å². The normalized spacial score (nSPS) is 14.5. The van der Waals surface area contributed by atoms with Crippen molar-refractivity contribution in [1.82, 2.24) is 10.9 Å². The van der Waals surface area contributed by atoms with E-state index in [1.165, 1.54) is 25.7 Å². The molecule has 0 fully saturated rings. The maximum absolute atomic E-state index is 3.48. The molecule has 0 aliphatic carbocycles. The summed E-state index contributed by atoms with van der Waals surface area (Å²) in [6, 6.07) is 0.559. The van der Waals surface area contributed by atoms with Gasteiger partial charge < -0.3 is 0 Å². The molecule has 2 N–H and O–H groups in total. The highest BCUT2D eigenvalue weighted by atomic mass is 15.4. The third-order valence-corrected chi connectivity index (χ3v) is 3.23. The van der Waals surface area contributed by atoms with Crippen LogP contribution >= 0.6 is 0 Å². The topological polar surface area (TPSA) is 24.1 Å². The first kappa shape index (κ1) is 12.9. The minimum absolute atomic E-state index is 0.295. The first-order valence-corrected chi connectivity index (χ1v) is 5.66. The van der Waals surface area contributed by atoms with E-state index in [0.29, 0.717) is 11.6 Å². The molecule has 0 aromatic heterocycles. The molecule has 0 aromatic rings. The number of rotatable bonds is 7. The summed E-state index contributed by atoms with van der Waals surface area (Å²) in [6.07, 6.45) is 4.72. The maximum atomic E-state index is 3.48. The largest absolute Gasteiger partial charge is 0.255 e. The van der Waals surface area contributed by atoms with E-state index < -0.39 is 0 Å². The highest BCUT2D eigenvalue weighted by Gasteiger charge is 2.22. The Hall–Kier alpha value is -0.0800. The van der Waals surface area contributed by atoms with Crippen LogP contribution in [-0.4, -0.2) is 11.6 Å². The summed E-state index contributed by atoms with van der Waals surface area (Å²) in [7, 11) is 0. The molecule has 1 atom stereocenters. The van der Waals surface area contributed by atoms with Crippen LogP contribution in [-0.2, 0) is 0 Å². The minimum Gasteiger partial charge on any atom is -0.255 e. The molecule has 0 rings (SSSR count). The zero-order valence-electron chi connectivity index (χ0n) is 9.91. The lowest BCUT2D eigenvalue weighted by atomic mass is 9.91. The number of hydrazine groups is 1. The highest BCUT2D eigenvalue weighted by Crippen LogP contribution is 2.18. The molecule has 13 heavy (non-hydrogen) atoms. The van der Waals surface area contributed by atoms with E-state index in [4.69, 9.17) is 0 Å². The van der Waals surface area contributed by atoms with Crippen LogP contribution in [0.4, 0.5) is 0 Å². The van der Waals surface area contributed by atoms with Gasteiger partial charge in [0.1, 0.15) is 0 Å². The fourth-order valence-electron chi connectivity index (χ4n) is 1.39. The standard InChI is InChI=1S/C11H26N2/c1-6-10(5)12-13-11(7-2,8-3)9-4/h10,12-13H,6-9H2,1-5H3. The van der Waals surface area contributed by atoms with E-state index in [1.807, 2.05) is 0 Å².